The molecule has 0 rings (SSSR count). The van der Waals surface area contributed by atoms with E-state index in [9.17, 15) is 24.0 Å². The largest absolute Gasteiger partial charge is 0.468 e. The van der Waals surface area contributed by atoms with Gasteiger partial charge in [0.15, 0.2) is 0 Å². The van der Waals surface area contributed by atoms with E-state index in [2.05, 4.69) is 16.0 Å². The number of carbonyl (C=O) groups excluding carboxylic acids is 5. The average molecular weight is 576 g/mol. The standard InChI is InChI=1S/C25H49N7O8/c1-21(33)16-31(19-24(36)39-3)14-12-30(18-23(35)38-2)13-15-32(20-25(37)40-4)17-22(34)29-8-5-7-27-10-11-28-9-6-26/h27-28H,5-20,26H2,1-4H3,(H,29,34). The van der Waals surface area contributed by atoms with E-state index in [4.69, 9.17) is 19.9 Å². The second kappa shape index (κ2) is 24.1. The summed E-state index contributed by atoms with van der Waals surface area (Å²) in [5.74, 6) is -1.79. The second-order valence-corrected chi connectivity index (χ2v) is 9.12. The van der Waals surface area contributed by atoms with E-state index in [-0.39, 0.29) is 51.0 Å². The fraction of sp³-hybridized carbons (Fsp3) is 0.800. The van der Waals surface area contributed by atoms with Gasteiger partial charge >= 0.3 is 17.9 Å². The van der Waals surface area contributed by atoms with Gasteiger partial charge in [-0.2, -0.15) is 0 Å². The molecule has 0 saturated heterocycles. The number of esters is 3. The number of ketones is 1. The number of carbonyl (C=O) groups is 5. The van der Waals surface area contributed by atoms with Crippen LogP contribution in [-0.2, 0) is 38.2 Å². The Morgan fingerprint density at radius 2 is 1.05 bits per heavy atom. The summed E-state index contributed by atoms with van der Waals surface area (Å²) in [4.78, 5) is 64.9. The van der Waals surface area contributed by atoms with Crippen LogP contribution >= 0.6 is 0 Å². The van der Waals surface area contributed by atoms with Crippen LogP contribution in [0.3, 0.4) is 0 Å². The zero-order valence-corrected chi connectivity index (χ0v) is 24.5. The van der Waals surface area contributed by atoms with Gasteiger partial charge in [-0.15, -0.1) is 0 Å². The number of hydrogen-bond donors (Lipinski definition) is 4. The lowest BCUT2D eigenvalue weighted by molar-refractivity contribution is -0.144. The van der Waals surface area contributed by atoms with Crippen molar-refractivity contribution in [2.45, 2.75) is 13.3 Å². The molecule has 0 saturated carbocycles. The Labute approximate surface area is 237 Å². The lowest BCUT2D eigenvalue weighted by Crippen LogP contribution is -2.47. The lowest BCUT2D eigenvalue weighted by atomic mass is 10.3. The maximum Gasteiger partial charge on any atom is 0.319 e. The summed E-state index contributed by atoms with van der Waals surface area (Å²) in [5.41, 5.74) is 5.42. The van der Waals surface area contributed by atoms with Crippen molar-refractivity contribution in [2.75, 3.05) is 120 Å². The van der Waals surface area contributed by atoms with Gasteiger partial charge in [0, 0.05) is 58.9 Å². The molecule has 0 aliphatic carbocycles. The van der Waals surface area contributed by atoms with Gasteiger partial charge in [0.25, 0.3) is 0 Å². The Hall–Kier alpha value is -2.69. The number of ether oxygens (including phenoxy) is 3. The quantitative estimate of drug-likeness (QED) is 0.0481. The van der Waals surface area contributed by atoms with E-state index in [1.165, 1.54) is 28.3 Å². The Balaban J connectivity index is 4.92. The monoisotopic (exact) mass is 575 g/mol. The van der Waals surface area contributed by atoms with Gasteiger partial charge in [0.1, 0.15) is 5.78 Å². The van der Waals surface area contributed by atoms with Crippen molar-refractivity contribution in [1.82, 2.24) is 30.7 Å². The Morgan fingerprint density at radius 1 is 0.600 bits per heavy atom. The van der Waals surface area contributed by atoms with Crippen LogP contribution in [0.5, 0.6) is 0 Å². The van der Waals surface area contributed by atoms with Crippen LogP contribution in [0.15, 0.2) is 0 Å². The molecular formula is C25H49N7O8. The smallest absolute Gasteiger partial charge is 0.319 e. The van der Waals surface area contributed by atoms with Crippen LogP contribution in [0.1, 0.15) is 13.3 Å². The topological polar surface area (TPSA) is 185 Å². The lowest BCUT2D eigenvalue weighted by Gasteiger charge is -2.28. The van der Waals surface area contributed by atoms with E-state index in [1.807, 2.05) is 0 Å². The molecule has 15 heteroatoms. The zero-order chi connectivity index (χ0) is 30.2. The molecule has 0 aromatic carbocycles. The summed E-state index contributed by atoms with van der Waals surface area (Å²) in [6.07, 6.45) is 0.745. The number of methoxy groups -OCH3 is 3. The summed E-state index contributed by atoms with van der Waals surface area (Å²) < 4.78 is 14.3. The Bertz CT molecular complexity index is 757. The molecule has 0 radical (unpaired) electrons. The third kappa shape index (κ3) is 21.2. The molecule has 15 nitrogen and oxygen atoms in total. The average Bonchev–Trinajstić information content (AvgIpc) is 2.92. The number of hydrogen-bond acceptors (Lipinski definition) is 14. The molecule has 0 fully saturated rings. The number of amides is 1. The third-order valence-electron chi connectivity index (χ3n) is 5.67. The molecule has 0 aliphatic rings. The Kier molecular flexibility index (Phi) is 22.5. The predicted octanol–water partition coefficient (Wildman–Crippen LogP) is -3.36. The highest BCUT2D eigenvalue weighted by molar-refractivity contribution is 5.79. The fourth-order valence-electron chi connectivity index (χ4n) is 3.55. The molecule has 0 atom stereocenters. The molecule has 40 heavy (non-hydrogen) atoms. The van der Waals surface area contributed by atoms with E-state index >= 15 is 0 Å². The maximum atomic E-state index is 12.5. The maximum absolute atomic E-state index is 12.5. The number of nitrogens with one attached hydrogen (secondary N) is 3. The molecule has 1 amide bonds. The first-order valence-corrected chi connectivity index (χ1v) is 13.4. The molecule has 5 N–H and O–H groups in total. The van der Waals surface area contributed by atoms with Crippen LogP contribution in [0.4, 0.5) is 0 Å². The molecule has 0 aromatic rings. The second-order valence-electron chi connectivity index (χ2n) is 9.12. The first kappa shape index (κ1) is 37.3. The normalized spacial score (nSPS) is 11.1. The number of nitrogens with two attached hydrogens (primary N) is 1. The van der Waals surface area contributed by atoms with Crippen LogP contribution in [0.2, 0.25) is 0 Å². The highest BCUT2D eigenvalue weighted by atomic mass is 16.5. The first-order valence-electron chi connectivity index (χ1n) is 13.4. The molecule has 0 heterocycles. The highest BCUT2D eigenvalue weighted by Crippen LogP contribution is 1.99. The zero-order valence-electron chi connectivity index (χ0n) is 24.5. The van der Waals surface area contributed by atoms with Gasteiger partial charge in [-0.25, -0.2) is 0 Å². The number of rotatable bonds is 25. The van der Waals surface area contributed by atoms with Gasteiger partial charge in [0.2, 0.25) is 5.91 Å². The summed E-state index contributed by atoms with van der Waals surface area (Å²) in [5, 5.41) is 9.31. The SMILES string of the molecule is COC(=O)CN(CCN(CC(C)=O)CC(=O)OC)CCN(CC(=O)NCCCNCCNCCN)CC(=O)OC. The van der Waals surface area contributed by atoms with Crippen LogP contribution in [0, 0.1) is 0 Å². The number of Topliss-reactive ketones (excluding diaryl/α,β-unsaturated/α-hetero) is 1. The van der Waals surface area contributed by atoms with Crippen molar-refractivity contribution in [3.05, 3.63) is 0 Å². The highest BCUT2D eigenvalue weighted by Gasteiger charge is 2.20. The fourth-order valence-corrected chi connectivity index (χ4v) is 3.55. The molecule has 232 valence electrons. The van der Waals surface area contributed by atoms with Crippen molar-refractivity contribution in [3.63, 3.8) is 0 Å². The van der Waals surface area contributed by atoms with Gasteiger partial charge in [-0.1, -0.05) is 0 Å². The van der Waals surface area contributed by atoms with E-state index in [0.29, 0.717) is 32.7 Å². The van der Waals surface area contributed by atoms with Crippen LogP contribution in [0.25, 0.3) is 0 Å². The molecular weight excluding hydrogens is 526 g/mol. The summed E-state index contributed by atoms with van der Waals surface area (Å²) in [6.45, 7) is 6.66. The van der Waals surface area contributed by atoms with Crippen molar-refractivity contribution in [1.29, 1.82) is 0 Å². The van der Waals surface area contributed by atoms with E-state index in [1.54, 1.807) is 14.7 Å². The third-order valence-corrected chi connectivity index (χ3v) is 5.67. The van der Waals surface area contributed by atoms with Gasteiger partial charge in [0.05, 0.1) is 54.1 Å². The van der Waals surface area contributed by atoms with Crippen molar-refractivity contribution in [3.8, 4) is 0 Å². The summed E-state index contributed by atoms with van der Waals surface area (Å²) in [7, 11) is 3.82. The van der Waals surface area contributed by atoms with E-state index in [0.717, 1.165) is 32.6 Å². The Morgan fingerprint density at radius 3 is 1.52 bits per heavy atom. The predicted molar refractivity (Wildman–Crippen MR) is 148 cm³/mol. The minimum atomic E-state index is -0.495. The summed E-state index contributed by atoms with van der Waals surface area (Å²) in [6, 6.07) is 0. The summed E-state index contributed by atoms with van der Waals surface area (Å²) >= 11 is 0. The van der Waals surface area contributed by atoms with Gasteiger partial charge in [-0.3, -0.25) is 38.7 Å². The van der Waals surface area contributed by atoms with Crippen molar-refractivity contribution >= 4 is 29.6 Å². The van der Waals surface area contributed by atoms with E-state index < -0.39 is 17.9 Å². The molecule has 0 bridgehead atoms. The molecule has 0 unspecified atom stereocenters. The van der Waals surface area contributed by atoms with Gasteiger partial charge < -0.3 is 35.9 Å². The first-order chi connectivity index (χ1) is 19.1. The minimum absolute atomic E-state index is 0.0313. The van der Waals surface area contributed by atoms with Crippen LogP contribution in [-0.4, -0.2) is 164 Å². The number of nitrogens with zero attached hydrogens (tertiary/aromatic N) is 3. The van der Waals surface area contributed by atoms with Crippen LogP contribution < -0.4 is 21.7 Å². The molecule has 0 aromatic heterocycles. The van der Waals surface area contributed by atoms with Gasteiger partial charge in [-0.05, 0) is 19.9 Å². The van der Waals surface area contributed by atoms with Crippen molar-refractivity contribution < 1.29 is 38.2 Å². The molecule has 0 spiro atoms. The molecule has 0 aliphatic heterocycles. The minimum Gasteiger partial charge on any atom is -0.468 e. The van der Waals surface area contributed by atoms with Crippen molar-refractivity contribution in [2.24, 2.45) is 5.73 Å².